The number of carbonyl (C=O) groups is 1. The summed E-state index contributed by atoms with van der Waals surface area (Å²) in [6.07, 6.45) is 2.32. The third-order valence-electron chi connectivity index (χ3n) is 3.65. The fraction of sp³-hybridized carbons (Fsp3) is 0.105. The molecule has 3 N–H and O–H groups in total. The lowest BCUT2D eigenvalue weighted by Crippen LogP contribution is -2.15. The third kappa shape index (κ3) is 3.41. The summed E-state index contributed by atoms with van der Waals surface area (Å²) < 4.78 is 0. The highest BCUT2D eigenvalue weighted by molar-refractivity contribution is 6.04. The summed E-state index contributed by atoms with van der Waals surface area (Å²) in [5.41, 5.74) is 9.44. The van der Waals surface area contributed by atoms with E-state index >= 15 is 0 Å². The molecule has 120 valence electrons. The number of nitrogens with one attached hydrogen (secondary N) is 1. The van der Waals surface area contributed by atoms with E-state index in [1.165, 1.54) is 0 Å². The summed E-state index contributed by atoms with van der Waals surface area (Å²) in [6.45, 7) is 1.98. The lowest BCUT2D eigenvalue weighted by atomic mass is 10.1. The Hall–Kier alpha value is -3.21. The maximum Gasteiger partial charge on any atom is 0.256 e. The molecule has 5 nitrogen and oxygen atoms in total. The molecule has 0 aliphatic heterocycles. The molecule has 0 atom stereocenters. The van der Waals surface area contributed by atoms with Crippen molar-refractivity contribution < 1.29 is 4.79 Å². The van der Waals surface area contributed by atoms with Crippen LogP contribution >= 0.6 is 0 Å². The fourth-order valence-electron chi connectivity index (χ4n) is 2.34. The van der Waals surface area contributed by atoms with Gasteiger partial charge in [0.05, 0.1) is 17.6 Å². The first-order valence-corrected chi connectivity index (χ1v) is 7.75. The molecule has 0 spiro atoms. The zero-order valence-corrected chi connectivity index (χ0v) is 13.4. The molecule has 0 saturated heterocycles. The standard InChI is InChI=1S/C19H18N4O/c1-2-16-18(23-19(24)14-6-4-3-5-7-14)21-12-17(22-16)13-8-10-15(20)11-9-13/h3-12H,2,20H2,1H3,(H,21,23,24). The molecular formula is C19H18N4O. The van der Waals surface area contributed by atoms with Crippen LogP contribution in [-0.2, 0) is 6.42 Å². The monoisotopic (exact) mass is 318 g/mol. The van der Waals surface area contributed by atoms with Crippen molar-refractivity contribution in [3.63, 3.8) is 0 Å². The van der Waals surface area contributed by atoms with E-state index < -0.39 is 0 Å². The van der Waals surface area contributed by atoms with Crippen LogP contribution < -0.4 is 11.1 Å². The van der Waals surface area contributed by atoms with E-state index in [0.717, 1.165) is 17.0 Å². The molecular weight excluding hydrogens is 300 g/mol. The predicted octanol–water partition coefficient (Wildman–Crippen LogP) is 3.54. The summed E-state index contributed by atoms with van der Waals surface area (Å²) in [4.78, 5) is 21.3. The molecule has 1 amide bonds. The number of carbonyl (C=O) groups excluding carboxylic acids is 1. The first kappa shape index (κ1) is 15.7. The van der Waals surface area contributed by atoms with Gasteiger partial charge in [-0.05, 0) is 30.7 Å². The van der Waals surface area contributed by atoms with Gasteiger partial charge in [-0.25, -0.2) is 9.97 Å². The van der Waals surface area contributed by atoms with Gasteiger partial charge < -0.3 is 11.1 Å². The van der Waals surface area contributed by atoms with Gasteiger partial charge in [0.15, 0.2) is 5.82 Å². The predicted molar refractivity (Wildman–Crippen MR) is 95.7 cm³/mol. The van der Waals surface area contributed by atoms with E-state index in [4.69, 9.17) is 5.73 Å². The second kappa shape index (κ2) is 6.91. The highest BCUT2D eigenvalue weighted by atomic mass is 16.1. The van der Waals surface area contributed by atoms with Gasteiger partial charge in [-0.1, -0.05) is 37.3 Å². The number of amides is 1. The van der Waals surface area contributed by atoms with Crippen LogP contribution in [0.25, 0.3) is 11.3 Å². The van der Waals surface area contributed by atoms with Crippen LogP contribution in [0.2, 0.25) is 0 Å². The Morgan fingerprint density at radius 3 is 2.46 bits per heavy atom. The van der Waals surface area contributed by atoms with E-state index in [2.05, 4.69) is 15.3 Å². The molecule has 24 heavy (non-hydrogen) atoms. The fourth-order valence-corrected chi connectivity index (χ4v) is 2.34. The molecule has 2 aromatic carbocycles. The van der Waals surface area contributed by atoms with Gasteiger partial charge in [-0.15, -0.1) is 0 Å². The molecule has 0 unspecified atom stereocenters. The SMILES string of the molecule is CCc1nc(-c2ccc(N)cc2)cnc1NC(=O)c1ccccc1. The van der Waals surface area contributed by atoms with E-state index in [0.29, 0.717) is 23.5 Å². The van der Waals surface area contributed by atoms with Crippen LogP contribution in [0.3, 0.4) is 0 Å². The Bertz CT molecular complexity index is 845. The lowest BCUT2D eigenvalue weighted by molar-refractivity contribution is 0.102. The van der Waals surface area contributed by atoms with E-state index in [-0.39, 0.29) is 5.91 Å². The van der Waals surface area contributed by atoms with Gasteiger partial charge in [0, 0.05) is 16.8 Å². The largest absolute Gasteiger partial charge is 0.399 e. The van der Waals surface area contributed by atoms with Crippen molar-refractivity contribution in [2.24, 2.45) is 0 Å². The molecule has 0 aliphatic rings. The van der Waals surface area contributed by atoms with Crippen LogP contribution in [0.5, 0.6) is 0 Å². The topological polar surface area (TPSA) is 80.9 Å². The van der Waals surface area contributed by atoms with Crippen LogP contribution in [-0.4, -0.2) is 15.9 Å². The zero-order valence-electron chi connectivity index (χ0n) is 13.4. The molecule has 0 bridgehead atoms. The Morgan fingerprint density at radius 1 is 1.08 bits per heavy atom. The average Bonchev–Trinajstić information content (AvgIpc) is 2.63. The smallest absolute Gasteiger partial charge is 0.256 e. The lowest BCUT2D eigenvalue weighted by Gasteiger charge is -2.10. The maximum atomic E-state index is 12.3. The van der Waals surface area contributed by atoms with E-state index in [9.17, 15) is 4.79 Å². The Morgan fingerprint density at radius 2 is 1.79 bits per heavy atom. The van der Waals surface area contributed by atoms with Gasteiger partial charge in [-0.3, -0.25) is 4.79 Å². The molecule has 5 heteroatoms. The maximum absolute atomic E-state index is 12.3. The number of nitrogens with zero attached hydrogens (tertiary/aromatic N) is 2. The number of anilines is 2. The summed E-state index contributed by atoms with van der Waals surface area (Å²) in [5, 5.41) is 2.83. The minimum Gasteiger partial charge on any atom is -0.399 e. The first-order chi connectivity index (χ1) is 11.7. The van der Waals surface area contributed by atoms with Crippen LogP contribution in [0.1, 0.15) is 23.0 Å². The summed E-state index contributed by atoms with van der Waals surface area (Å²) in [6, 6.07) is 16.5. The third-order valence-corrected chi connectivity index (χ3v) is 3.65. The van der Waals surface area contributed by atoms with Crippen molar-refractivity contribution in [3.8, 4) is 11.3 Å². The van der Waals surface area contributed by atoms with Crippen molar-refractivity contribution in [1.82, 2.24) is 9.97 Å². The minimum atomic E-state index is -0.195. The van der Waals surface area contributed by atoms with Crippen molar-refractivity contribution in [2.45, 2.75) is 13.3 Å². The van der Waals surface area contributed by atoms with Gasteiger partial charge in [0.1, 0.15) is 0 Å². The average molecular weight is 318 g/mol. The molecule has 1 heterocycles. The van der Waals surface area contributed by atoms with Crippen LogP contribution in [0.15, 0.2) is 60.8 Å². The number of rotatable bonds is 4. The van der Waals surface area contributed by atoms with Gasteiger partial charge in [-0.2, -0.15) is 0 Å². The minimum absolute atomic E-state index is 0.195. The normalized spacial score (nSPS) is 10.4. The second-order valence-corrected chi connectivity index (χ2v) is 5.35. The molecule has 3 aromatic rings. The number of hydrogen-bond acceptors (Lipinski definition) is 4. The molecule has 3 rings (SSSR count). The molecule has 0 fully saturated rings. The van der Waals surface area contributed by atoms with Gasteiger partial charge in [0.2, 0.25) is 0 Å². The van der Waals surface area contributed by atoms with Gasteiger partial charge in [0.25, 0.3) is 5.91 Å². The Labute approximate surface area is 140 Å². The Kier molecular flexibility index (Phi) is 4.52. The second-order valence-electron chi connectivity index (χ2n) is 5.35. The summed E-state index contributed by atoms with van der Waals surface area (Å²) in [5.74, 6) is 0.297. The van der Waals surface area contributed by atoms with Crippen molar-refractivity contribution in [3.05, 3.63) is 72.1 Å². The number of nitrogen functional groups attached to an aromatic ring is 1. The highest BCUT2D eigenvalue weighted by Gasteiger charge is 2.12. The van der Waals surface area contributed by atoms with Gasteiger partial charge >= 0.3 is 0 Å². The quantitative estimate of drug-likeness (QED) is 0.721. The molecule has 0 aliphatic carbocycles. The highest BCUT2D eigenvalue weighted by Crippen LogP contribution is 2.21. The van der Waals surface area contributed by atoms with E-state index in [1.54, 1.807) is 18.3 Å². The van der Waals surface area contributed by atoms with Crippen molar-refractivity contribution in [2.75, 3.05) is 11.1 Å². The summed E-state index contributed by atoms with van der Waals surface area (Å²) >= 11 is 0. The van der Waals surface area contributed by atoms with E-state index in [1.807, 2.05) is 49.4 Å². The number of benzene rings is 2. The van der Waals surface area contributed by atoms with Crippen molar-refractivity contribution in [1.29, 1.82) is 0 Å². The zero-order chi connectivity index (χ0) is 16.9. The molecule has 0 saturated carbocycles. The number of hydrogen-bond donors (Lipinski definition) is 2. The van der Waals surface area contributed by atoms with Crippen molar-refractivity contribution >= 4 is 17.4 Å². The van der Waals surface area contributed by atoms with Crippen LogP contribution in [0.4, 0.5) is 11.5 Å². The molecule has 0 radical (unpaired) electrons. The molecule has 1 aromatic heterocycles. The Balaban J connectivity index is 1.87. The van der Waals surface area contributed by atoms with Crippen LogP contribution in [0, 0.1) is 0 Å². The summed E-state index contributed by atoms with van der Waals surface area (Å²) in [7, 11) is 0. The number of aryl methyl sites for hydroxylation is 1. The first-order valence-electron chi connectivity index (χ1n) is 7.75. The number of nitrogens with two attached hydrogens (primary N) is 1. The number of aromatic nitrogens is 2.